The van der Waals surface area contributed by atoms with E-state index in [-0.39, 0.29) is 17.8 Å². The minimum Gasteiger partial charge on any atom is -0.371 e. The van der Waals surface area contributed by atoms with Gasteiger partial charge in [0.1, 0.15) is 5.72 Å². The third-order valence-electron chi connectivity index (χ3n) is 6.94. The van der Waals surface area contributed by atoms with Crippen molar-refractivity contribution in [2.45, 2.75) is 31.5 Å². The summed E-state index contributed by atoms with van der Waals surface area (Å²) in [6, 6.07) is 24.0. The van der Waals surface area contributed by atoms with Gasteiger partial charge >= 0.3 is 6.03 Å². The lowest BCUT2D eigenvalue weighted by Crippen LogP contribution is -2.56. The SMILES string of the molecule is Cc1ccc(NC(=O)N2[C@H](c3ccccc3)COC23CCN(c2ccc([N+](=O)[O-])cc2)CC3)cc1. The molecule has 5 rings (SSSR count). The highest BCUT2D eigenvalue weighted by molar-refractivity contribution is 5.90. The van der Waals surface area contributed by atoms with Crippen LogP contribution in [0.25, 0.3) is 0 Å². The number of hydrogen-bond acceptors (Lipinski definition) is 5. The number of benzene rings is 3. The summed E-state index contributed by atoms with van der Waals surface area (Å²) in [4.78, 5) is 28.3. The highest BCUT2D eigenvalue weighted by Crippen LogP contribution is 2.44. The number of carbonyl (C=O) groups excluding carboxylic acids is 1. The summed E-state index contributed by atoms with van der Waals surface area (Å²) in [7, 11) is 0. The van der Waals surface area contributed by atoms with Crippen molar-refractivity contribution in [3.8, 4) is 0 Å². The summed E-state index contributed by atoms with van der Waals surface area (Å²) >= 11 is 0. The molecule has 2 aliphatic rings. The Morgan fingerprint density at radius 3 is 2.29 bits per heavy atom. The molecule has 0 saturated carbocycles. The molecule has 1 spiro atoms. The molecule has 2 heterocycles. The molecule has 0 radical (unpaired) electrons. The van der Waals surface area contributed by atoms with Crippen LogP contribution in [0.1, 0.15) is 30.0 Å². The minimum atomic E-state index is -0.716. The van der Waals surface area contributed by atoms with Crippen molar-refractivity contribution >= 4 is 23.1 Å². The Morgan fingerprint density at radius 2 is 1.66 bits per heavy atom. The van der Waals surface area contributed by atoms with Crippen molar-refractivity contribution in [1.29, 1.82) is 0 Å². The van der Waals surface area contributed by atoms with E-state index in [4.69, 9.17) is 4.74 Å². The molecule has 0 unspecified atom stereocenters. The fourth-order valence-corrected chi connectivity index (χ4v) is 5.01. The number of rotatable bonds is 4. The highest BCUT2D eigenvalue weighted by Gasteiger charge is 2.52. The average Bonchev–Trinajstić information content (AvgIpc) is 3.25. The lowest BCUT2D eigenvalue weighted by Gasteiger charge is -2.45. The highest BCUT2D eigenvalue weighted by atomic mass is 16.6. The van der Waals surface area contributed by atoms with Gasteiger partial charge in [-0.25, -0.2) is 4.79 Å². The van der Waals surface area contributed by atoms with Crippen LogP contribution in [-0.2, 0) is 4.74 Å². The molecule has 35 heavy (non-hydrogen) atoms. The molecule has 1 N–H and O–H groups in total. The molecule has 8 heteroatoms. The third-order valence-corrected chi connectivity index (χ3v) is 6.94. The zero-order chi connectivity index (χ0) is 24.4. The van der Waals surface area contributed by atoms with Crippen LogP contribution in [0, 0.1) is 17.0 Å². The number of hydrogen-bond donors (Lipinski definition) is 1. The maximum Gasteiger partial charge on any atom is 0.324 e. The van der Waals surface area contributed by atoms with Crippen LogP contribution in [0.2, 0.25) is 0 Å². The number of nitrogens with one attached hydrogen (secondary N) is 1. The monoisotopic (exact) mass is 472 g/mol. The van der Waals surface area contributed by atoms with E-state index in [2.05, 4.69) is 10.2 Å². The van der Waals surface area contributed by atoms with E-state index < -0.39 is 10.6 Å². The molecule has 0 bridgehead atoms. The molecular weight excluding hydrogens is 444 g/mol. The van der Waals surface area contributed by atoms with Crippen molar-refractivity contribution < 1.29 is 14.5 Å². The van der Waals surface area contributed by atoms with Gasteiger partial charge in [-0.3, -0.25) is 15.0 Å². The van der Waals surface area contributed by atoms with Gasteiger partial charge in [-0.15, -0.1) is 0 Å². The minimum absolute atomic E-state index is 0.0750. The van der Waals surface area contributed by atoms with E-state index in [0.29, 0.717) is 32.5 Å². The van der Waals surface area contributed by atoms with Gasteiger partial charge in [-0.2, -0.15) is 0 Å². The van der Waals surface area contributed by atoms with Gasteiger partial charge in [0.25, 0.3) is 5.69 Å². The number of amides is 2. The Kier molecular flexibility index (Phi) is 6.13. The fraction of sp³-hybridized carbons (Fsp3) is 0.296. The predicted molar refractivity (Wildman–Crippen MR) is 134 cm³/mol. The maximum atomic E-state index is 13.7. The molecule has 180 valence electrons. The molecule has 2 fully saturated rings. The number of piperidine rings is 1. The maximum absolute atomic E-state index is 13.7. The van der Waals surface area contributed by atoms with Gasteiger partial charge < -0.3 is 15.0 Å². The van der Waals surface area contributed by atoms with E-state index >= 15 is 0 Å². The van der Waals surface area contributed by atoms with Crippen LogP contribution in [0.4, 0.5) is 21.9 Å². The standard InChI is InChI=1S/C27H28N4O4/c1-20-7-9-22(10-8-20)28-26(32)30-25(21-5-3-2-4-6-21)19-35-27(30)15-17-29(18-16-27)23-11-13-24(14-12-23)31(33)34/h2-14,25H,15-19H2,1H3,(H,28,32)/t25-/m0/s1. The van der Waals surface area contributed by atoms with Gasteiger partial charge in [0.15, 0.2) is 0 Å². The number of nitro groups is 1. The predicted octanol–water partition coefficient (Wildman–Crippen LogP) is 5.51. The van der Waals surface area contributed by atoms with Gasteiger partial charge in [-0.05, 0) is 36.8 Å². The molecule has 0 aromatic heterocycles. The molecule has 3 aromatic carbocycles. The summed E-state index contributed by atoms with van der Waals surface area (Å²) in [5.41, 5.74) is 3.21. The molecule has 2 amide bonds. The number of urea groups is 1. The second-order valence-electron chi connectivity index (χ2n) is 9.11. The molecule has 8 nitrogen and oxygen atoms in total. The largest absolute Gasteiger partial charge is 0.371 e. The van der Waals surface area contributed by atoms with E-state index in [0.717, 1.165) is 22.5 Å². The van der Waals surface area contributed by atoms with Crippen molar-refractivity contribution in [2.24, 2.45) is 0 Å². The quantitative estimate of drug-likeness (QED) is 0.400. The second-order valence-corrected chi connectivity index (χ2v) is 9.11. The first-order valence-electron chi connectivity index (χ1n) is 11.8. The van der Waals surface area contributed by atoms with Crippen LogP contribution in [0.3, 0.4) is 0 Å². The van der Waals surface area contributed by atoms with Crippen LogP contribution in [0.5, 0.6) is 0 Å². The summed E-state index contributed by atoms with van der Waals surface area (Å²) in [5, 5.41) is 14.1. The van der Waals surface area contributed by atoms with Crippen molar-refractivity contribution in [1.82, 2.24) is 4.90 Å². The summed E-state index contributed by atoms with van der Waals surface area (Å²) < 4.78 is 6.42. The van der Waals surface area contributed by atoms with E-state index in [1.807, 2.05) is 66.4 Å². The fourth-order valence-electron chi connectivity index (χ4n) is 5.01. The first kappa shape index (κ1) is 22.9. The number of anilines is 2. The Morgan fingerprint density at radius 1 is 1.00 bits per heavy atom. The number of aryl methyl sites for hydroxylation is 1. The van der Waals surface area contributed by atoms with Crippen LogP contribution < -0.4 is 10.2 Å². The normalized spacial score (nSPS) is 19.1. The van der Waals surface area contributed by atoms with Crippen molar-refractivity contribution in [2.75, 3.05) is 29.9 Å². The summed E-state index contributed by atoms with van der Waals surface area (Å²) in [6.45, 7) is 3.79. The number of nitrogens with zero attached hydrogens (tertiary/aromatic N) is 3. The Bertz CT molecular complexity index is 1190. The van der Waals surface area contributed by atoms with Crippen molar-refractivity contribution in [3.63, 3.8) is 0 Å². The zero-order valence-electron chi connectivity index (χ0n) is 19.6. The lowest BCUT2D eigenvalue weighted by atomic mass is 9.96. The average molecular weight is 473 g/mol. The third kappa shape index (κ3) is 4.57. The van der Waals surface area contributed by atoms with Crippen LogP contribution in [0.15, 0.2) is 78.9 Å². The molecule has 3 aromatic rings. The molecular formula is C27H28N4O4. The second kappa shape index (κ2) is 9.38. The van der Waals surface area contributed by atoms with Gasteiger partial charge in [0.2, 0.25) is 0 Å². The smallest absolute Gasteiger partial charge is 0.324 e. The Labute approximate surface area is 204 Å². The molecule has 0 aliphatic carbocycles. The summed E-state index contributed by atoms with van der Waals surface area (Å²) in [6.07, 6.45) is 1.27. The number of carbonyl (C=O) groups is 1. The van der Waals surface area contributed by atoms with Crippen molar-refractivity contribution in [3.05, 3.63) is 100 Å². The summed E-state index contributed by atoms with van der Waals surface area (Å²) in [5.74, 6) is 0. The first-order valence-corrected chi connectivity index (χ1v) is 11.8. The van der Waals surface area contributed by atoms with E-state index in [1.54, 1.807) is 12.1 Å². The number of nitro benzene ring substituents is 1. The lowest BCUT2D eigenvalue weighted by molar-refractivity contribution is -0.384. The number of non-ortho nitro benzene ring substituents is 1. The first-order chi connectivity index (χ1) is 16.9. The van der Waals surface area contributed by atoms with E-state index in [9.17, 15) is 14.9 Å². The molecule has 2 aliphatic heterocycles. The van der Waals surface area contributed by atoms with Crippen LogP contribution >= 0.6 is 0 Å². The van der Waals surface area contributed by atoms with E-state index in [1.165, 1.54) is 12.1 Å². The van der Waals surface area contributed by atoms with Gasteiger partial charge in [0.05, 0.1) is 17.6 Å². The Hall–Kier alpha value is -3.91. The van der Waals surface area contributed by atoms with Crippen LogP contribution in [-0.4, -0.2) is 41.3 Å². The molecule has 2 saturated heterocycles. The Balaban J connectivity index is 1.38. The molecule has 1 atom stereocenters. The van der Waals surface area contributed by atoms with Gasteiger partial charge in [0, 0.05) is 49.4 Å². The zero-order valence-corrected chi connectivity index (χ0v) is 19.6. The number of ether oxygens (including phenoxy) is 1. The topological polar surface area (TPSA) is 88.0 Å². The van der Waals surface area contributed by atoms with Gasteiger partial charge in [-0.1, -0.05) is 48.0 Å².